The summed E-state index contributed by atoms with van der Waals surface area (Å²) in [7, 11) is 0. The average Bonchev–Trinajstić information content (AvgIpc) is 1.58. The highest BCUT2D eigenvalue weighted by Gasteiger charge is 2.29. The molecule has 0 saturated carbocycles. The number of allylic oxidation sites excluding steroid dienone is 2. The maximum absolute atomic E-state index is 7.26. The molecular formula is C87H72N12O2. The maximum Gasteiger partial charge on any atom is 0.159 e. The van der Waals surface area contributed by atoms with Crippen LogP contribution in [0.5, 0.6) is 0 Å². The van der Waals surface area contributed by atoms with Crippen LogP contribution in [-0.4, -0.2) is 59.7 Å². The molecule has 0 fully saturated rings. The van der Waals surface area contributed by atoms with Gasteiger partial charge >= 0.3 is 0 Å². The van der Waals surface area contributed by atoms with Crippen molar-refractivity contribution in [3.05, 3.63) is 237 Å². The summed E-state index contributed by atoms with van der Waals surface area (Å²) in [6.45, 7) is 12.6. The molecule has 19 rings (SSSR count). The first-order chi connectivity index (χ1) is 49.6. The molecule has 5 aromatic carbocycles. The molecule has 1 aliphatic rings. The molecule has 101 heavy (non-hydrogen) atoms. The predicted octanol–water partition coefficient (Wildman–Crippen LogP) is 22.3. The Balaban J connectivity index is 0.849. The molecule has 2 unspecified atom stereocenters. The number of benzene rings is 5. The van der Waals surface area contributed by atoms with Crippen molar-refractivity contribution in [3.8, 4) is 45.0 Å². The van der Waals surface area contributed by atoms with Gasteiger partial charge in [-0.2, -0.15) is 0 Å². The van der Waals surface area contributed by atoms with Gasteiger partial charge in [-0.3, -0.25) is 34.9 Å². The van der Waals surface area contributed by atoms with Crippen molar-refractivity contribution in [3.63, 3.8) is 0 Å². The van der Waals surface area contributed by atoms with Crippen LogP contribution >= 0.6 is 0 Å². The summed E-state index contributed by atoms with van der Waals surface area (Å²) in [5, 5.41) is 8.59. The number of anilines is 1. The highest BCUT2D eigenvalue weighted by molar-refractivity contribution is 6.15. The van der Waals surface area contributed by atoms with Gasteiger partial charge in [0.2, 0.25) is 0 Å². The van der Waals surface area contributed by atoms with Gasteiger partial charge in [0.15, 0.2) is 11.2 Å². The van der Waals surface area contributed by atoms with Crippen LogP contribution in [0.15, 0.2) is 234 Å². The molecule has 0 saturated heterocycles. The Morgan fingerprint density at radius 3 is 1.55 bits per heavy atom. The van der Waals surface area contributed by atoms with E-state index in [2.05, 4.69) is 209 Å². The molecule has 14 heterocycles. The molecule has 0 spiro atoms. The number of rotatable bonds is 17. The molecule has 0 aliphatic carbocycles. The Morgan fingerprint density at radius 2 is 0.990 bits per heavy atom. The van der Waals surface area contributed by atoms with E-state index in [1.165, 1.54) is 31.2 Å². The van der Waals surface area contributed by atoms with E-state index in [0.29, 0.717) is 5.92 Å². The van der Waals surface area contributed by atoms with E-state index < -0.39 is 0 Å². The fraction of sp³-hybridized carbons (Fsp3) is 0.184. The van der Waals surface area contributed by atoms with Crippen LogP contribution in [0.1, 0.15) is 96.7 Å². The van der Waals surface area contributed by atoms with E-state index in [4.69, 9.17) is 38.7 Å². The number of pyridine rings is 7. The third-order valence-electron chi connectivity index (χ3n) is 21.1. The lowest BCUT2D eigenvalue weighted by Crippen LogP contribution is -2.15. The zero-order valence-electron chi connectivity index (χ0n) is 57.0. The quantitative estimate of drug-likeness (QED) is 0.0690. The highest BCUT2D eigenvalue weighted by atomic mass is 16.3. The first-order valence-corrected chi connectivity index (χ1v) is 35.5. The molecule has 14 nitrogen and oxygen atoms in total. The number of hydrogen-bond acceptors (Lipinski definition) is 10. The second kappa shape index (κ2) is 23.9. The Kier molecular flexibility index (Phi) is 14.2. The molecule has 2 atom stereocenters. The summed E-state index contributed by atoms with van der Waals surface area (Å²) in [5.74, 6) is 0.566. The van der Waals surface area contributed by atoms with E-state index in [1.54, 1.807) is 0 Å². The van der Waals surface area contributed by atoms with Crippen LogP contribution in [-0.2, 0) is 0 Å². The summed E-state index contributed by atoms with van der Waals surface area (Å²) in [5.41, 5.74) is 26.4. The Bertz CT molecular complexity index is 6290. The summed E-state index contributed by atoms with van der Waals surface area (Å²) in [6.07, 6.45) is 32.4. The fourth-order valence-corrected chi connectivity index (χ4v) is 16.5. The van der Waals surface area contributed by atoms with Crippen molar-refractivity contribution >= 4 is 133 Å². The standard InChI is InChI=1S/C87H72N12O2/c1-6-8-9-17-52(3)25-26-55(50-87(4,5)32-7-2)58-42-56(53-27-29-76-61(44-53)63-46-59(96-68-19-11-34-90-79(68)80-69(96)20-12-35-91-80)48-74(85(63)100-76)98-66-31-40-88-51-65(66)78-67(98)18-10-33-89-78)41-57(43-58)54-28-30-77-62(45-54)64-47-60(97-70-21-13-36-92-81(70)82-71(97)22-14-37-93-82)49-75(86(64)101-77)99-72-23-15-38-94-83(72)84-73(99)24-16-39-95-84/h10-16,18-31,33-36,38-49,51-52,55,93H,6-9,17,32,37,50H2,1-5H3/b26-25+. The van der Waals surface area contributed by atoms with E-state index >= 15 is 0 Å². The third kappa shape index (κ3) is 9.85. The molecule has 13 aromatic heterocycles. The first-order valence-electron chi connectivity index (χ1n) is 35.5. The number of fused-ring (bicyclic) bond motifs is 18. The summed E-state index contributed by atoms with van der Waals surface area (Å²) in [4.78, 5) is 34.2. The van der Waals surface area contributed by atoms with E-state index in [0.717, 1.165) is 203 Å². The first kappa shape index (κ1) is 60.2. The SMILES string of the molecule is CCCCCC(C)/C=C/C(CC(C)(C)CCC)c1cc(-c2ccc3oc4c(-n5c6ccncc6c6ncccc65)cc(-n5c6cccnc6c6ncccc65)cc4c3c2)cc(-c2ccc3oc4c(-n5c6cccnc6c6ncccc65)cc(-n5c6c(c7ncccc75)NCC=C6)cc4c3c2)c1. The summed E-state index contributed by atoms with van der Waals surface area (Å²) >= 11 is 0. The minimum atomic E-state index is 0.0690. The van der Waals surface area contributed by atoms with Gasteiger partial charge in [-0.15, -0.1) is 0 Å². The fourth-order valence-electron chi connectivity index (χ4n) is 16.5. The molecule has 14 heteroatoms. The summed E-state index contributed by atoms with van der Waals surface area (Å²) in [6, 6.07) is 56.9. The zero-order chi connectivity index (χ0) is 67.6. The van der Waals surface area contributed by atoms with Gasteiger partial charge in [0.25, 0.3) is 0 Å². The van der Waals surface area contributed by atoms with Crippen LogP contribution in [0.25, 0.3) is 172 Å². The highest BCUT2D eigenvalue weighted by Crippen LogP contribution is 2.47. The van der Waals surface area contributed by atoms with E-state index in [1.807, 2.05) is 86.0 Å². The normalized spacial score (nSPS) is 13.6. The lowest BCUT2D eigenvalue weighted by Gasteiger charge is -2.29. The second-order valence-electron chi connectivity index (χ2n) is 28.2. The van der Waals surface area contributed by atoms with Gasteiger partial charge in [-0.05, 0) is 198 Å². The van der Waals surface area contributed by atoms with Crippen molar-refractivity contribution < 1.29 is 8.83 Å². The van der Waals surface area contributed by atoms with Crippen LogP contribution in [0.4, 0.5) is 5.69 Å². The van der Waals surface area contributed by atoms with Gasteiger partial charge in [-0.1, -0.05) is 103 Å². The van der Waals surface area contributed by atoms with Crippen LogP contribution < -0.4 is 5.32 Å². The predicted molar refractivity (Wildman–Crippen MR) is 412 cm³/mol. The van der Waals surface area contributed by atoms with Crippen LogP contribution in [0.2, 0.25) is 0 Å². The minimum absolute atomic E-state index is 0.0690. The van der Waals surface area contributed by atoms with Gasteiger partial charge in [0.05, 0.1) is 66.9 Å². The third-order valence-corrected chi connectivity index (χ3v) is 21.1. The number of nitrogens with one attached hydrogen (secondary N) is 1. The topological polar surface area (TPSA) is 148 Å². The molecule has 492 valence electrons. The van der Waals surface area contributed by atoms with Crippen molar-refractivity contribution in [1.82, 2.24) is 53.2 Å². The number of nitrogens with zero attached hydrogens (tertiary/aromatic N) is 11. The van der Waals surface area contributed by atoms with Crippen LogP contribution in [0.3, 0.4) is 0 Å². The van der Waals surface area contributed by atoms with Gasteiger partial charge in [-0.25, -0.2) is 0 Å². The summed E-state index contributed by atoms with van der Waals surface area (Å²) < 4.78 is 23.7. The monoisotopic (exact) mass is 1320 g/mol. The molecular weight excluding hydrogens is 1250 g/mol. The smallest absolute Gasteiger partial charge is 0.159 e. The molecule has 0 amide bonds. The molecule has 1 N–H and O–H groups in total. The van der Waals surface area contributed by atoms with E-state index in [9.17, 15) is 0 Å². The van der Waals surface area contributed by atoms with Gasteiger partial charge < -0.3 is 32.4 Å². The number of aromatic nitrogens is 11. The van der Waals surface area contributed by atoms with Gasteiger partial charge in [0, 0.05) is 100 Å². The largest absolute Gasteiger partial charge is 0.454 e. The number of furan rings is 2. The molecule has 1 aliphatic heterocycles. The Labute approximate surface area is 582 Å². The molecule has 18 aromatic rings. The number of hydrogen-bond donors (Lipinski definition) is 1. The Hall–Kier alpha value is -12.0. The lowest BCUT2D eigenvalue weighted by molar-refractivity contribution is 0.292. The molecule has 0 bridgehead atoms. The molecule has 0 radical (unpaired) electrons. The van der Waals surface area contributed by atoms with Crippen molar-refractivity contribution in [2.24, 2.45) is 11.3 Å². The van der Waals surface area contributed by atoms with Crippen molar-refractivity contribution in [2.75, 3.05) is 11.9 Å². The second-order valence-corrected chi connectivity index (χ2v) is 28.2. The average molecular weight is 1320 g/mol. The number of unbranched alkanes of at least 4 members (excludes halogenated alkanes) is 2. The minimum Gasteiger partial charge on any atom is -0.454 e. The van der Waals surface area contributed by atoms with Crippen molar-refractivity contribution in [1.29, 1.82) is 0 Å². The van der Waals surface area contributed by atoms with Crippen LogP contribution in [0, 0.1) is 11.3 Å². The van der Waals surface area contributed by atoms with Crippen molar-refractivity contribution in [2.45, 2.75) is 85.5 Å². The van der Waals surface area contributed by atoms with E-state index in [-0.39, 0.29) is 11.3 Å². The zero-order valence-corrected chi connectivity index (χ0v) is 57.0. The maximum atomic E-state index is 7.26. The Morgan fingerprint density at radius 1 is 0.475 bits per heavy atom. The van der Waals surface area contributed by atoms with Gasteiger partial charge in [0.1, 0.15) is 38.7 Å². The lowest BCUT2D eigenvalue weighted by atomic mass is 9.76.